The van der Waals surface area contributed by atoms with Crippen molar-refractivity contribution in [3.8, 4) is 11.5 Å². The third-order valence-corrected chi connectivity index (χ3v) is 6.28. The summed E-state index contributed by atoms with van der Waals surface area (Å²) < 4.78 is 12.3. The number of hydrogen-bond acceptors (Lipinski definition) is 6. The van der Waals surface area contributed by atoms with E-state index < -0.39 is 4.92 Å². The number of rotatable bonds is 9. The van der Waals surface area contributed by atoms with E-state index in [0.717, 1.165) is 50.3 Å². The fraction of sp³-hybridized carbons (Fsp3) is 0.565. The molecule has 0 bridgehead atoms. The summed E-state index contributed by atoms with van der Waals surface area (Å²) in [4.78, 5) is 25.3. The topological polar surface area (TPSA) is 99.7 Å². The van der Waals surface area contributed by atoms with Crippen molar-refractivity contribution in [3.63, 3.8) is 0 Å². The zero-order chi connectivity index (χ0) is 23.3. The van der Waals surface area contributed by atoms with Crippen molar-refractivity contribution >= 4 is 11.6 Å². The molecule has 0 radical (unpaired) electrons. The van der Waals surface area contributed by atoms with E-state index in [0.29, 0.717) is 30.3 Å². The summed E-state index contributed by atoms with van der Waals surface area (Å²) in [6.45, 7) is 5.16. The van der Waals surface area contributed by atoms with Gasteiger partial charge in [-0.25, -0.2) is 0 Å². The molecule has 0 N–H and O–H groups in total. The van der Waals surface area contributed by atoms with Gasteiger partial charge in [0, 0.05) is 25.6 Å². The second-order valence-electron chi connectivity index (χ2n) is 8.33. The van der Waals surface area contributed by atoms with Crippen LogP contribution in [-0.2, 0) is 17.8 Å². The lowest BCUT2D eigenvalue weighted by Gasteiger charge is -2.32. The van der Waals surface area contributed by atoms with Crippen LogP contribution in [0.1, 0.15) is 42.6 Å². The first kappa shape index (κ1) is 23.6. The SMILES string of the molecule is COc1cc(CCC2CCN(C(=O)CCn3nc(C)c([N+](=O)[O-])c3C)CC2)cc(OC)c1. The summed E-state index contributed by atoms with van der Waals surface area (Å²) in [6, 6.07) is 5.97. The summed E-state index contributed by atoms with van der Waals surface area (Å²) in [5.41, 5.74) is 2.10. The highest BCUT2D eigenvalue weighted by Crippen LogP contribution is 2.27. The molecule has 1 fully saturated rings. The summed E-state index contributed by atoms with van der Waals surface area (Å²) >= 11 is 0. The van der Waals surface area contributed by atoms with Gasteiger partial charge < -0.3 is 14.4 Å². The molecule has 1 aromatic carbocycles. The molecule has 1 aromatic heterocycles. The zero-order valence-electron chi connectivity index (χ0n) is 19.3. The minimum Gasteiger partial charge on any atom is -0.497 e. The molecule has 1 aliphatic heterocycles. The van der Waals surface area contributed by atoms with Crippen molar-refractivity contribution in [1.29, 1.82) is 0 Å². The van der Waals surface area contributed by atoms with Crippen LogP contribution in [0.5, 0.6) is 11.5 Å². The smallest absolute Gasteiger partial charge is 0.312 e. The minimum atomic E-state index is -0.414. The molecule has 0 atom stereocenters. The van der Waals surface area contributed by atoms with Crippen molar-refractivity contribution in [3.05, 3.63) is 45.3 Å². The van der Waals surface area contributed by atoms with Crippen LogP contribution in [0.15, 0.2) is 18.2 Å². The van der Waals surface area contributed by atoms with E-state index >= 15 is 0 Å². The molecule has 9 heteroatoms. The van der Waals surface area contributed by atoms with E-state index in [1.165, 1.54) is 5.56 Å². The quantitative estimate of drug-likeness (QED) is 0.432. The molecule has 1 amide bonds. The molecule has 2 aromatic rings. The van der Waals surface area contributed by atoms with Crippen molar-refractivity contribution in [1.82, 2.24) is 14.7 Å². The number of likely N-dealkylation sites (tertiary alicyclic amines) is 1. The molecular formula is C23H32N4O5. The fourth-order valence-corrected chi connectivity index (χ4v) is 4.38. The van der Waals surface area contributed by atoms with Gasteiger partial charge in [0.15, 0.2) is 0 Å². The Morgan fingerprint density at radius 3 is 2.31 bits per heavy atom. The minimum absolute atomic E-state index is 0.0342. The number of benzene rings is 1. The molecule has 1 aliphatic rings. The number of piperidine rings is 1. The molecule has 32 heavy (non-hydrogen) atoms. The van der Waals surface area contributed by atoms with Crippen LogP contribution in [-0.4, -0.2) is 52.8 Å². The molecule has 0 saturated carbocycles. The normalized spacial score (nSPS) is 14.4. The van der Waals surface area contributed by atoms with Crippen LogP contribution >= 0.6 is 0 Å². The van der Waals surface area contributed by atoms with Crippen molar-refractivity contribution in [2.24, 2.45) is 5.92 Å². The maximum atomic E-state index is 12.7. The molecular weight excluding hydrogens is 412 g/mol. The number of nitro groups is 1. The van der Waals surface area contributed by atoms with Crippen molar-refractivity contribution in [2.45, 2.75) is 52.5 Å². The molecule has 0 aliphatic carbocycles. The number of amides is 1. The standard InChI is InChI=1S/C23H32N4O5/c1-16-23(27(29)30)17(2)26(24-16)12-9-22(28)25-10-7-18(8-11-25)5-6-19-13-20(31-3)15-21(14-19)32-4/h13-15,18H,5-12H2,1-4H3. The van der Waals surface area contributed by atoms with Crippen LogP contribution < -0.4 is 9.47 Å². The van der Waals surface area contributed by atoms with Crippen molar-refractivity contribution in [2.75, 3.05) is 27.3 Å². The Labute approximate surface area is 188 Å². The lowest BCUT2D eigenvalue weighted by atomic mass is 9.90. The fourth-order valence-electron chi connectivity index (χ4n) is 4.38. The largest absolute Gasteiger partial charge is 0.497 e. The van der Waals surface area contributed by atoms with Gasteiger partial charge in [-0.2, -0.15) is 5.10 Å². The maximum absolute atomic E-state index is 12.7. The van der Waals surface area contributed by atoms with Gasteiger partial charge in [0.2, 0.25) is 5.91 Å². The third-order valence-electron chi connectivity index (χ3n) is 6.28. The Hall–Kier alpha value is -3.10. The maximum Gasteiger partial charge on any atom is 0.312 e. The third kappa shape index (κ3) is 5.57. The Bertz CT molecular complexity index is 941. The number of nitrogens with zero attached hydrogens (tertiary/aromatic N) is 4. The number of ether oxygens (including phenoxy) is 2. The van der Waals surface area contributed by atoms with E-state index in [9.17, 15) is 14.9 Å². The highest BCUT2D eigenvalue weighted by molar-refractivity contribution is 5.76. The first-order valence-corrected chi connectivity index (χ1v) is 11.0. The summed E-state index contributed by atoms with van der Waals surface area (Å²) in [6.07, 6.45) is 4.28. The number of aryl methyl sites for hydroxylation is 3. The van der Waals surface area contributed by atoms with Gasteiger partial charge >= 0.3 is 5.69 Å². The van der Waals surface area contributed by atoms with Gasteiger partial charge in [-0.15, -0.1) is 0 Å². The number of methoxy groups -OCH3 is 2. The van der Waals surface area contributed by atoms with Gasteiger partial charge in [-0.05, 0) is 63.1 Å². The van der Waals surface area contributed by atoms with E-state index in [1.807, 2.05) is 23.1 Å². The first-order chi connectivity index (χ1) is 15.3. The van der Waals surface area contributed by atoms with Gasteiger partial charge in [-0.3, -0.25) is 19.6 Å². The molecule has 1 saturated heterocycles. The van der Waals surface area contributed by atoms with E-state index in [2.05, 4.69) is 5.10 Å². The van der Waals surface area contributed by atoms with Gasteiger partial charge in [0.25, 0.3) is 0 Å². The highest BCUT2D eigenvalue weighted by Gasteiger charge is 2.25. The Balaban J connectivity index is 1.46. The Morgan fingerprint density at radius 1 is 1.16 bits per heavy atom. The second-order valence-corrected chi connectivity index (χ2v) is 8.33. The number of aromatic nitrogens is 2. The summed E-state index contributed by atoms with van der Waals surface area (Å²) in [5.74, 6) is 2.26. The summed E-state index contributed by atoms with van der Waals surface area (Å²) in [5, 5.41) is 15.4. The first-order valence-electron chi connectivity index (χ1n) is 11.0. The second kappa shape index (κ2) is 10.5. The van der Waals surface area contributed by atoms with Crippen LogP contribution in [0, 0.1) is 29.9 Å². The molecule has 0 unspecified atom stereocenters. The lowest BCUT2D eigenvalue weighted by Crippen LogP contribution is -2.39. The number of carbonyl (C=O) groups is 1. The average molecular weight is 445 g/mol. The zero-order valence-corrected chi connectivity index (χ0v) is 19.3. The van der Waals surface area contributed by atoms with Gasteiger partial charge in [0.05, 0.1) is 25.7 Å². The van der Waals surface area contributed by atoms with Gasteiger partial charge in [-0.1, -0.05) is 0 Å². The summed E-state index contributed by atoms with van der Waals surface area (Å²) in [7, 11) is 3.31. The molecule has 9 nitrogen and oxygen atoms in total. The van der Waals surface area contributed by atoms with E-state index in [-0.39, 0.29) is 11.6 Å². The van der Waals surface area contributed by atoms with Crippen LogP contribution in [0.3, 0.4) is 0 Å². The highest BCUT2D eigenvalue weighted by atomic mass is 16.6. The van der Waals surface area contributed by atoms with E-state index in [1.54, 1.807) is 32.7 Å². The molecule has 2 heterocycles. The number of hydrogen-bond donors (Lipinski definition) is 0. The predicted octanol–water partition coefficient (Wildman–Crippen LogP) is 3.69. The Kier molecular flexibility index (Phi) is 7.71. The van der Waals surface area contributed by atoms with Crippen molar-refractivity contribution < 1.29 is 19.2 Å². The Morgan fingerprint density at radius 2 is 1.78 bits per heavy atom. The monoisotopic (exact) mass is 444 g/mol. The average Bonchev–Trinajstić information content (AvgIpc) is 3.09. The van der Waals surface area contributed by atoms with E-state index in [4.69, 9.17) is 9.47 Å². The molecule has 0 spiro atoms. The van der Waals surface area contributed by atoms with Crippen LogP contribution in [0.2, 0.25) is 0 Å². The molecule has 174 valence electrons. The van der Waals surface area contributed by atoms with Gasteiger partial charge in [0.1, 0.15) is 22.9 Å². The number of carbonyl (C=O) groups excluding carboxylic acids is 1. The predicted molar refractivity (Wildman–Crippen MR) is 120 cm³/mol. The van der Waals surface area contributed by atoms with Crippen LogP contribution in [0.25, 0.3) is 0 Å². The lowest BCUT2D eigenvalue weighted by molar-refractivity contribution is -0.386. The molecule has 3 rings (SSSR count). The van der Waals surface area contributed by atoms with Crippen LogP contribution in [0.4, 0.5) is 5.69 Å².